The zero-order valence-corrected chi connectivity index (χ0v) is 19.7. The number of rotatable bonds is 8. The third-order valence-electron chi connectivity index (χ3n) is 4.27. The largest absolute Gasteiger partial charge is 0.598 e. The standard InChI is InChI=1S/C21H35ClN2O3S/c1-8-21(24-28(26)20(5,6)7,15-16-9-11-17(22)12-10-16)13-14-23-18(25)27-19(2,3)4/h9-12,24H,8,13-15H2,1-7H3,(H,23,25). The quantitative estimate of drug-likeness (QED) is 0.569. The molecule has 0 aliphatic rings. The Hall–Kier alpha value is -0.950. The third-order valence-corrected chi connectivity index (χ3v) is 6.25. The second-order valence-corrected chi connectivity index (χ2v) is 11.5. The van der Waals surface area contributed by atoms with Gasteiger partial charge < -0.3 is 14.6 Å². The van der Waals surface area contributed by atoms with Gasteiger partial charge >= 0.3 is 6.09 Å². The van der Waals surface area contributed by atoms with Crippen LogP contribution in [0.25, 0.3) is 0 Å². The number of hydrogen-bond acceptors (Lipinski definition) is 4. The molecule has 0 heterocycles. The summed E-state index contributed by atoms with van der Waals surface area (Å²) in [5.41, 5.74) is 0.129. The van der Waals surface area contributed by atoms with Crippen molar-refractivity contribution in [1.29, 1.82) is 0 Å². The van der Waals surface area contributed by atoms with E-state index < -0.39 is 28.6 Å². The molecular formula is C21H35ClN2O3S. The molecule has 1 aromatic carbocycles. The molecular weight excluding hydrogens is 396 g/mol. The molecule has 2 unspecified atom stereocenters. The van der Waals surface area contributed by atoms with Gasteiger partial charge in [0.2, 0.25) is 0 Å². The number of amides is 1. The van der Waals surface area contributed by atoms with E-state index in [2.05, 4.69) is 17.0 Å². The van der Waals surface area contributed by atoms with Crippen molar-refractivity contribution in [2.45, 2.75) is 83.6 Å². The first-order chi connectivity index (χ1) is 12.8. The summed E-state index contributed by atoms with van der Waals surface area (Å²) in [6, 6.07) is 7.68. The van der Waals surface area contributed by atoms with Gasteiger partial charge in [0, 0.05) is 22.9 Å². The second kappa shape index (κ2) is 10.2. The molecule has 0 aliphatic heterocycles. The molecule has 2 N–H and O–H groups in total. The van der Waals surface area contributed by atoms with Crippen LogP contribution in [0.15, 0.2) is 24.3 Å². The van der Waals surface area contributed by atoms with Gasteiger partial charge in [0.25, 0.3) is 0 Å². The number of halogens is 1. The van der Waals surface area contributed by atoms with Crippen LogP contribution in [0.3, 0.4) is 0 Å². The first-order valence-electron chi connectivity index (χ1n) is 9.67. The number of hydrogen-bond donors (Lipinski definition) is 2. The Kier molecular flexibility index (Phi) is 9.13. The third kappa shape index (κ3) is 9.03. The first-order valence-corrected chi connectivity index (χ1v) is 11.2. The molecule has 1 amide bonds. The highest BCUT2D eigenvalue weighted by molar-refractivity contribution is 7.90. The maximum Gasteiger partial charge on any atom is 0.407 e. The molecule has 1 aromatic rings. The van der Waals surface area contributed by atoms with Crippen LogP contribution in [-0.4, -0.2) is 33.1 Å². The highest BCUT2D eigenvalue weighted by Crippen LogP contribution is 2.26. The minimum absolute atomic E-state index is 0.390. The van der Waals surface area contributed by atoms with Crippen LogP contribution in [0.4, 0.5) is 4.79 Å². The van der Waals surface area contributed by atoms with Crippen LogP contribution in [-0.2, 0) is 22.5 Å². The van der Waals surface area contributed by atoms with E-state index in [0.29, 0.717) is 24.4 Å². The summed E-state index contributed by atoms with van der Waals surface area (Å²) in [5.74, 6) is 0. The lowest BCUT2D eigenvalue weighted by Gasteiger charge is -2.37. The Morgan fingerprint density at radius 2 is 1.71 bits per heavy atom. The SMILES string of the molecule is CCC(CCNC(=O)OC(C)(C)C)(Cc1ccc(Cl)cc1)N[S+]([O-])C(C)(C)C. The Bertz CT molecular complexity index is 626. The van der Waals surface area contributed by atoms with Crippen molar-refractivity contribution >= 4 is 29.1 Å². The second-order valence-electron chi connectivity index (χ2n) is 9.10. The molecule has 1 rings (SSSR count). The fraction of sp³-hybridized carbons (Fsp3) is 0.667. The molecule has 0 bridgehead atoms. The van der Waals surface area contributed by atoms with Gasteiger partial charge in [-0.2, -0.15) is 0 Å². The number of nitrogens with one attached hydrogen (secondary N) is 2. The molecule has 160 valence electrons. The highest BCUT2D eigenvalue weighted by Gasteiger charge is 2.38. The van der Waals surface area contributed by atoms with E-state index in [0.717, 1.165) is 12.0 Å². The van der Waals surface area contributed by atoms with Gasteiger partial charge in [-0.1, -0.05) is 30.7 Å². The summed E-state index contributed by atoms with van der Waals surface area (Å²) in [4.78, 5) is 12.0. The van der Waals surface area contributed by atoms with Gasteiger partial charge in [0.1, 0.15) is 10.3 Å². The average molecular weight is 431 g/mol. The fourth-order valence-corrected chi connectivity index (χ4v) is 3.75. The molecule has 0 aromatic heterocycles. The predicted octanol–water partition coefficient (Wildman–Crippen LogP) is 5.00. The van der Waals surface area contributed by atoms with Crippen molar-refractivity contribution in [3.63, 3.8) is 0 Å². The van der Waals surface area contributed by atoms with Gasteiger partial charge in [-0.05, 0) is 78.5 Å². The molecule has 0 saturated carbocycles. The lowest BCUT2D eigenvalue weighted by Crippen LogP contribution is -2.55. The zero-order chi connectivity index (χ0) is 21.6. The van der Waals surface area contributed by atoms with Crippen LogP contribution in [0.2, 0.25) is 5.02 Å². The van der Waals surface area contributed by atoms with Crippen LogP contribution >= 0.6 is 11.6 Å². The number of alkyl carbamates (subject to hydrolysis) is 1. The summed E-state index contributed by atoms with van der Waals surface area (Å²) in [6.07, 6.45) is 1.61. The zero-order valence-electron chi connectivity index (χ0n) is 18.1. The van der Waals surface area contributed by atoms with Crippen LogP contribution < -0.4 is 10.0 Å². The van der Waals surface area contributed by atoms with Crippen molar-refractivity contribution in [3.05, 3.63) is 34.9 Å². The van der Waals surface area contributed by atoms with E-state index in [9.17, 15) is 9.35 Å². The molecule has 0 radical (unpaired) electrons. The first kappa shape index (κ1) is 25.1. The lowest BCUT2D eigenvalue weighted by molar-refractivity contribution is 0.0523. The number of benzene rings is 1. The summed E-state index contributed by atoms with van der Waals surface area (Å²) in [6.45, 7) is 13.8. The monoisotopic (exact) mass is 430 g/mol. The van der Waals surface area contributed by atoms with E-state index in [1.54, 1.807) is 0 Å². The van der Waals surface area contributed by atoms with Crippen LogP contribution in [0.5, 0.6) is 0 Å². The van der Waals surface area contributed by atoms with Crippen molar-refractivity contribution in [1.82, 2.24) is 10.0 Å². The van der Waals surface area contributed by atoms with Crippen LogP contribution in [0, 0.1) is 0 Å². The molecule has 28 heavy (non-hydrogen) atoms. The van der Waals surface area contributed by atoms with Gasteiger partial charge in [-0.25, -0.2) is 4.79 Å². The lowest BCUT2D eigenvalue weighted by atomic mass is 9.86. The van der Waals surface area contributed by atoms with E-state index in [4.69, 9.17) is 16.3 Å². The Morgan fingerprint density at radius 1 is 1.14 bits per heavy atom. The van der Waals surface area contributed by atoms with Crippen molar-refractivity contribution in [2.24, 2.45) is 0 Å². The van der Waals surface area contributed by atoms with Crippen molar-refractivity contribution in [2.75, 3.05) is 6.54 Å². The topological polar surface area (TPSA) is 73.4 Å². The fourth-order valence-electron chi connectivity index (χ4n) is 2.61. The minimum Gasteiger partial charge on any atom is -0.598 e. The molecule has 0 aliphatic carbocycles. The highest BCUT2D eigenvalue weighted by atomic mass is 35.5. The number of ether oxygens (including phenoxy) is 1. The number of carbonyl (C=O) groups is 1. The predicted molar refractivity (Wildman–Crippen MR) is 118 cm³/mol. The Labute approximate surface area is 178 Å². The van der Waals surface area contributed by atoms with Gasteiger partial charge in [0.15, 0.2) is 0 Å². The van der Waals surface area contributed by atoms with E-state index in [1.807, 2.05) is 65.8 Å². The average Bonchev–Trinajstić information content (AvgIpc) is 2.54. The van der Waals surface area contributed by atoms with E-state index in [-0.39, 0.29) is 4.75 Å². The van der Waals surface area contributed by atoms with Crippen molar-refractivity contribution in [3.8, 4) is 0 Å². The molecule has 0 fully saturated rings. The van der Waals surface area contributed by atoms with Gasteiger partial charge in [-0.15, -0.1) is 4.72 Å². The maximum absolute atomic E-state index is 12.8. The Morgan fingerprint density at radius 3 is 2.18 bits per heavy atom. The van der Waals surface area contributed by atoms with Gasteiger partial charge in [0.05, 0.1) is 5.54 Å². The number of carbonyl (C=O) groups excluding carboxylic acids is 1. The molecule has 7 heteroatoms. The molecule has 5 nitrogen and oxygen atoms in total. The summed E-state index contributed by atoms with van der Waals surface area (Å²) in [5, 5.41) is 3.50. The summed E-state index contributed by atoms with van der Waals surface area (Å²) >= 11 is 4.77. The van der Waals surface area contributed by atoms with Crippen LogP contribution in [0.1, 0.15) is 66.9 Å². The molecule has 2 atom stereocenters. The Balaban J connectivity index is 2.91. The maximum atomic E-state index is 12.8. The molecule has 0 spiro atoms. The van der Waals surface area contributed by atoms with E-state index in [1.165, 1.54) is 0 Å². The van der Waals surface area contributed by atoms with E-state index >= 15 is 0 Å². The summed E-state index contributed by atoms with van der Waals surface area (Å²) in [7, 11) is 0. The summed E-state index contributed by atoms with van der Waals surface area (Å²) < 4.78 is 21.1. The van der Waals surface area contributed by atoms with Gasteiger partial charge in [-0.3, -0.25) is 0 Å². The minimum atomic E-state index is -1.23. The molecule has 0 saturated heterocycles. The normalized spacial score (nSPS) is 15.6. The smallest absolute Gasteiger partial charge is 0.407 e. The van der Waals surface area contributed by atoms with Crippen molar-refractivity contribution < 1.29 is 14.1 Å².